The van der Waals surface area contributed by atoms with Crippen LogP contribution in [0.1, 0.15) is 19.8 Å². The van der Waals surface area contributed by atoms with Crippen LogP contribution in [0.3, 0.4) is 0 Å². The fourth-order valence-electron chi connectivity index (χ4n) is 7.58. The lowest BCUT2D eigenvalue weighted by Gasteiger charge is -2.18. The van der Waals surface area contributed by atoms with E-state index in [9.17, 15) is 0 Å². The molecular formula is C46H79ClN8. The Balaban J connectivity index is 0.000000753. The first-order valence-corrected chi connectivity index (χ1v) is 20.0. The third-order valence-electron chi connectivity index (χ3n) is 10.4. The predicted octanol–water partition coefficient (Wildman–Crippen LogP) is 5.37. The highest BCUT2D eigenvalue weighted by Crippen LogP contribution is 2.38. The van der Waals surface area contributed by atoms with E-state index in [-0.39, 0.29) is 5.38 Å². The Morgan fingerprint density at radius 3 is 0.800 bits per heavy atom. The highest BCUT2D eigenvalue weighted by atomic mass is 35.5. The summed E-state index contributed by atoms with van der Waals surface area (Å²) in [7, 11) is 17.1. The minimum atomic E-state index is 0.241. The molecule has 310 valence electrons. The highest BCUT2D eigenvalue weighted by molar-refractivity contribution is 6.24. The monoisotopic (exact) mass is 779 g/mol. The van der Waals surface area contributed by atoms with Crippen LogP contribution in [0.4, 0.5) is 0 Å². The van der Waals surface area contributed by atoms with E-state index >= 15 is 0 Å². The van der Waals surface area contributed by atoms with E-state index in [1.807, 2.05) is 42.5 Å². The molecule has 0 spiro atoms. The molecule has 0 heterocycles. The summed E-state index contributed by atoms with van der Waals surface area (Å²) in [5, 5.41) is 0.241. The summed E-state index contributed by atoms with van der Waals surface area (Å²) in [6, 6.07) is 4.15. The lowest BCUT2D eigenvalue weighted by Crippen LogP contribution is -2.31. The van der Waals surface area contributed by atoms with Crippen LogP contribution in [0.5, 0.6) is 0 Å². The van der Waals surface area contributed by atoms with Gasteiger partial charge in [0.15, 0.2) is 0 Å². The van der Waals surface area contributed by atoms with Crippen molar-refractivity contribution < 1.29 is 0 Å². The summed E-state index contributed by atoms with van der Waals surface area (Å²) in [6.45, 7) is 35.7. The van der Waals surface area contributed by atoms with E-state index in [1.54, 1.807) is 0 Å². The summed E-state index contributed by atoms with van der Waals surface area (Å²) in [5.41, 5.74) is 0. The summed E-state index contributed by atoms with van der Waals surface area (Å²) >= 11 is 6.23. The molecule has 3 aliphatic rings. The quantitative estimate of drug-likeness (QED) is 0.0735. The Morgan fingerprint density at radius 1 is 0.418 bits per heavy atom. The molecule has 3 aliphatic carbocycles. The molecule has 0 aromatic rings. The van der Waals surface area contributed by atoms with E-state index < -0.39 is 0 Å². The van der Waals surface area contributed by atoms with Crippen molar-refractivity contribution in [3.63, 3.8) is 0 Å². The zero-order valence-corrected chi connectivity index (χ0v) is 37.1. The van der Waals surface area contributed by atoms with Crippen molar-refractivity contribution in [2.24, 2.45) is 0 Å². The lowest BCUT2D eigenvalue weighted by atomic mass is 10.4. The summed E-state index contributed by atoms with van der Waals surface area (Å²) in [5.74, 6) is 5.24. The number of terminal acetylenes is 2. The third-order valence-corrected chi connectivity index (χ3v) is 10.9. The molecule has 0 radical (unpaired) electrons. The zero-order chi connectivity index (χ0) is 42.2. The first-order chi connectivity index (χ1) is 26.2. The van der Waals surface area contributed by atoms with E-state index in [2.05, 4.69) is 160 Å². The first kappa shape index (κ1) is 52.3. The van der Waals surface area contributed by atoms with Gasteiger partial charge in [-0.3, -0.25) is 39.2 Å². The summed E-state index contributed by atoms with van der Waals surface area (Å²) in [6.07, 6.45) is 25.9. The van der Waals surface area contributed by atoms with Crippen LogP contribution in [-0.4, -0.2) is 202 Å². The molecular weight excluding hydrogens is 700 g/mol. The molecule has 0 bridgehead atoms. The number of halogens is 1. The van der Waals surface area contributed by atoms with Crippen LogP contribution in [0.15, 0.2) is 88.6 Å². The first-order valence-electron chi connectivity index (χ1n) is 19.6. The number of hydrogen-bond acceptors (Lipinski definition) is 8. The van der Waals surface area contributed by atoms with E-state index in [0.29, 0.717) is 54.9 Å². The van der Waals surface area contributed by atoms with E-state index in [1.165, 1.54) is 0 Å². The van der Waals surface area contributed by atoms with Crippen molar-refractivity contribution in [2.75, 3.05) is 109 Å². The van der Waals surface area contributed by atoms with E-state index in [0.717, 1.165) is 58.7 Å². The van der Waals surface area contributed by atoms with Gasteiger partial charge in [0.1, 0.15) is 0 Å². The second-order valence-electron chi connectivity index (χ2n) is 15.0. The van der Waals surface area contributed by atoms with Gasteiger partial charge in [-0.25, -0.2) is 0 Å². The topological polar surface area (TPSA) is 25.9 Å². The van der Waals surface area contributed by atoms with Crippen LogP contribution < -0.4 is 0 Å². The number of rotatable bonds is 24. The Labute approximate surface area is 345 Å². The minimum absolute atomic E-state index is 0.241. The van der Waals surface area contributed by atoms with Crippen LogP contribution in [0, 0.1) is 24.7 Å². The largest absolute Gasteiger partial charge is 0.297 e. The van der Waals surface area contributed by atoms with Gasteiger partial charge in [0.25, 0.3) is 0 Å². The Bertz CT molecular complexity index is 1140. The maximum Gasteiger partial charge on any atom is 0.0678 e. The Hall–Kier alpha value is -2.73. The fraction of sp³-hybridized carbons (Fsp3) is 0.609. The van der Waals surface area contributed by atoms with Gasteiger partial charge in [0, 0.05) is 101 Å². The molecule has 55 heavy (non-hydrogen) atoms. The Kier molecular flexibility index (Phi) is 27.2. The van der Waals surface area contributed by atoms with E-state index in [4.69, 9.17) is 24.4 Å². The third kappa shape index (κ3) is 17.1. The zero-order valence-electron chi connectivity index (χ0n) is 36.4. The summed E-state index contributed by atoms with van der Waals surface area (Å²) < 4.78 is 0. The average Bonchev–Trinajstić information content (AvgIpc) is 4.06. The second kappa shape index (κ2) is 28.6. The molecule has 8 nitrogen and oxygen atoms in total. The number of alkyl halides is 1. The molecule has 3 saturated carbocycles. The van der Waals surface area contributed by atoms with Crippen LogP contribution in [0.2, 0.25) is 0 Å². The molecule has 0 aromatic heterocycles. The minimum Gasteiger partial charge on any atom is -0.297 e. The lowest BCUT2D eigenvalue weighted by molar-refractivity contribution is 0.281. The van der Waals surface area contributed by atoms with Gasteiger partial charge in [0.05, 0.1) is 11.9 Å². The molecule has 4 unspecified atom stereocenters. The van der Waals surface area contributed by atoms with Crippen molar-refractivity contribution >= 4 is 11.6 Å². The second-order valence-corrected chi connectivity index (χ2v) is 15.5. The molecule has 0 aliphatic heterocycles. The predicted molar refractivity (Wildman–Crippen MR) is 245 cm³/mol. The molecule has 0 aromatic carbocycles. The molecule has 0 saturated heterocycles. The van der Waals surface area contributed by atoms with Crippen molar-refractivity contribution in [3.05, 3.63) is 88.6 Å². The van der Waals surface area contributed by atoms with Crippen molar-refractivity contribution in [1.29, 1.82) is 0 Å². The number of likely N-dealkylation sites (N-methyl/N-ethyl adjacent to an activating group) is 8. The standard InChI is InChI=1S/C15H27N3.C15H25N3.C11H19ClN2.C5H8/c2*1-7-10-16(4)13-14(17(5)11-8-2)15(13)18(6)12-9-3;1-5-7-13(3)10-9(12)11(10)14(4)8-6-2;1-3-5-4-2/h7-9,13-15H,1-3,10-12H2,4-6H3;1,8-9,13-15H,2-3,10-12H2,4-6H3;5-6,9-11H,1-2,7-8H2,3-4H3;1H,4-5H2,2H3. The normalized spacial score (nSPS) is 25.8. The summed E-state index contributed by atoms with van der Waals surface area (Å²) in [4.78, 5) is 18.6. The molecule has 3 fully saturated rings. The molecule has 3 rings (SSSR count). The average molecular weight is 780 g/mol. The number of nitrogens with zero attached hydrogens (tertiary/aromatic N) is 8. The van der Waals surface area contributed by atoms with Gasteiger partial charge in [0.2, 0.25) is 0 Å². The van der Waals surface area contributed by atoms with Gasteiger partial charge in [-0.2, -0.15) is 0 Å². The van der Waals surface area contributed by atoms with Gasteiger partial charge in [-0.05, 0) is 62.8 Å². The molecule has 0 N–H and O–H groups in total. The van der Waals surface area contributed by atoms with Gasteiger partial charge >= 0.3 is 0 Å². The van der Waals surface area contributed by atoms with Gasteiger partial charge < -0.3 is 0 Å². The van der Waals surface area contributed by atoms with Crippen molar-refractivity contribution in [2.45, 2.75) is 73.5 Å². The molecule has 0 amide bonds. The van der Waals surface area contributed by atoms with Crippen molar-refractivity contribution in [3.8, 4) is 24.7 Å². The maximum absolute atomic E-state index is 6.23. The van der Waals surface area contributed by atoms with Crippen LogP contribution in [0.25, 0.3) is 0 Å². The van der Waals surface area contributed by atoms with Crippen LogP contribution in [-0.2, 0) is 0 Å². The van der Waals surface area contributed by atoms with Crippen molar-refractivity contribution in [1.82, 2.24) is 39.2 Å². The molecule has 4 atom stereocenters. The number of unbranched alkanes of at least 4 members (excludes halogenated alkanes) is 1. The highest BCUT2D eigenvalue weighted by Gasteiger charge is 2.57. The maximum atomic E-state index is 6.23. The molecule has 9 heteroatoms. The SMILES string of the molecule is C#CCCC.C#CCN(C)C1C(N(C)CC=C)C1N(C)CC=C.C=CCN(C)C1C(Cl)C1N(C)CC=C.C=CCN(C)C1C(N(C)CC=C)C1N(C)CC=C. The van der Waals surface area contributed by atoms with Gasteiger partial charge in [-0.1, -0.05) is 55.4 Å². The van der Waals surface area contributed by atoms with Crippen LogP contribution >= 0.6 is 11.6 Å². The number of hydrogen-bond donors (Lipinski definition) is 0. The fourth-order valence-corrected chi connectivity index (χ4v) is 8.18. The Morgan fingerprint density at radius 2 is 0.636 bits per heavy atom. The smallest absolute Gasteiger partial charge is 0.0678 e. The van der Waals surface area contributed by atoms with Gasteiger partial charge in [-0.15, -0.1) is 76.4 Å².